The maximum Gasteiger partial charge on any atom is 0.220 e. The lowest BCUT2D eigenvalue weighted by Crippen LogP contribution is -2.41. The van der Waals surface area contributed by atoms with Gasteiger partial charge in [-0.05, 0) is 32.6 Å². The van der Waals surface area contributed by atoms with Crippen LogP contribution in [0, 0.1) is 5.92 Å². The molecule has 1 aliphatic rings. The first-order valence-electron chi connectivity index (χ1n) is 6.33. The van der Waals surface area contributed by atoms with Gasteiger partial charge >= 0.3 is 0 Å². The minimum Gasteiger partial charge on any atom is -0.369 e. The van der Waals surface area contributed by atoms with E-state index in [0.717, 1.165) is 19.3 Å². The number of hydrogen-bond donors (Lipinski definition) is 3. The maximum absolute atomic E-state index is 11.6. The molecule has 5 nitrogen and oxygen atoms in total. The summed E-state index contributed by atoms with van der Waals surface area (Å²) < 4.78 is 0. The quantitative estimate of drug-likeness (QED) is 0.690. The van der Waals surface area contributed by atoms with Gasteiger partial charge in [-0.15, -0.1) is 12.4 Å². The topological polar surface area (TPSA) is 98.2 Å². The van der Waals surface area contributed by atoms with E-state index < -0.39 is 0 Å². The summed E-state index contributed by atoms with van der Waals surface area (Å²) in [6, 6.07) is 0.146. The van der Waals surface area contributed by atoms with E-state index in [-0.39, 0.29) is 42.2 Å². The highest BCUT2D eigenvalue weighted by molar-refractivity contribution is 5.85. The minimum absolute atomic E-state index is 0. The predicted octanol–water partition coefficient (Wildman–Crippen LogP) is 0.696. The summed E-state index contributed by atoms with van der Waals surface area (Å²) >= 11 is 0. The number of hydrogen-bond acceptors (Lipinski definition) is 3. The van der Waals surface area contributed by atoms with Crippen molar-refractivity contribution >= 4 is 24.2 Å². The number of halogens is 1. The molecule has 1 saturated carbocycles. The van der Waals surface area contributed by atoms with Crippen LogP contribution in [-0.4, -0.2) is 23.9 Å². The molecule has 0 aromatic rings. The van der Waals surface area contributed by atoms with Crippen molar-refractivity contribution in [1.82, 2.24) is 5.32 Å². The van der Waals surface area contributed by atoms with Gasteiger partial charge < -0.3 is 16.8 Å². The second-order valence-electron chi connectivity index (χ2n) is 5.05. The number of primary amides is 1. The molecule has 0 spiro atoms. The van der Waals surface area contributed by atoms with Crippen molar-refractivity contribution in [1.29, 1.82) is 0 Å². The van der Waals surface area contributed by atoms with Crippen molar-refractivity contribution in [3.05, 3.63) is 0 Å². The van der Waals surface area contributed by atoms with Gasteiger partial charge in [0.05, 0.1) is 0 Å². The lowest BCUT2D eigenvalue weighted by molar-refractivity contribution is -0.125. The third kappa shape index (κ3) is 6.21. The fourth-order valence-electron chi connectivity index (χ4n) is 2.24. The molecule has 3 unspecified atom stereocenters. The van der Waals surface area contributed by atoms with E-state index in [0.29, 0.717) is 19.3 Å². The van der Waals surface area contributed by atoms with Crippen LogP contribution in [0.2, 0.25) is 0 Å². The Hall–Kier alpha value is -0.810. The van der Waals surface area contributed by atoms with E-state index in [1.807, 2.05) is 6.92 Å². The van der Waals surface area contributed by atoms with Crippen LogP contribution in [0.5, 0.6) is 0 Å². The van der Waals surface area contributed by atoms with E-state index in [1.165, 1.54) is 0 Å². The molecule has 18 heavy (non-hydrogen) atoms. The standard InChI is InChI=1S/C12H23N3O2.ClH/c1-8(13)5-6-11(16)15-10-4-2-3-9(7-10)12(14)17;/h8-10H,2-7,13H2,1H3,(H2,14,17)(H,15,16);1H. The molecule has 0 radical (unpaired) electrons. The third-order valence-corrected chi connectivity index (χ3v) is 3.27. The van der Waals surface area contributed by atoms with Gasteiger partial charge in [0, 0.05) is 24.4 Å². The molecule has 6 heteroatoms. The van der Waals surface area contributed by atoms with Crippen molar-refractivity contribution in [2.75, 3.05) is 0 Å². The van der Waals surface area contributed by atoms with E-state index in [9.17, 15) is 9.59 Å². The van der Waals surface area contributed by atoms with E-state index in [2.05, 4.69) is 5.32 Å². The normalized spacial score (nSPS) is 24.8. The molecule has 0 aliphatic heterocycles. The van der Waals surface area contributed by atoms with Gasteiger partial charge in [0.1, 0.15) is 0 Å². The van der Waals surface area contributed by atoms with Crippen molar-refractivity contribution < 1.29 is 9.59 Å². The number of nitrogens with one attached hydrogen (secondary N) is 1. The van der Waals surface area contributed by atoms with Gasteiger partial charge in [0.25, 0.3) is 0 Å². The summed E-state index contributed by atoms with van der Waals surface area (Å²) in [7, 11) is 0. The predicted molar refractivity (Wildman–Crippen MR) is 73.2 cm³/mol. The summed E-state index contributed by atoms with van der Waals surface area (Å²) in [5.74, 6) is -0.306. The minimum atomic E-state index is -0.250. The highest BCUT2D eigenvalue weighted by atomic mass is 35.5. The summed E-state index contributed by atoms with van der Waals surface area (Å²) in [4.78, 5) is 22.7. The van der Waals surface area contributed by atoms with Crippen LogP contribution in [0.4, 0.5) is 0 Å². The first kappa shape index (κ1) is 17.2. The molecule has 0 heterocycles. The average Bonchev–Trinajstić information content (AvgIpc) is 2.26. The Morgan fingerprint density at radius 1 is 1.39 bits per heavy atom. The lowest BCUT2D eigenvalue weighted by atomic mass is 9.85. The number of rotatable bonds is 5. The Morgan fingerprint density at radius 2 is 2.06 bits per heavy atom. The third-order valence-electron chi connectivity index (χ3n) is 3.27. The first-order chi connectivity index (χ1) is 7.99. The highest BCUT2D eigenvalue weighted by Crippen LogP contribution is 2.23. The van der Waals surface area contributed by atoms with Crippen molar-refractivity contribution in [2.24, 2.45) is 17.4 Å². The van der Waals surface area contributed by atoms with Crippen LogP contribution in [-0.2, 0) is 9.59 Å². The van der Waals surface area contributed by atoms with Gasteiger partial charge in [-0.3, -0.25) is 9.59 Å². The van der Waals surface area contributed by atoms with Gasteiger partial charge in [-0.25, -0.2) is 0 Å². The first-order valence-corrected chi connectivity index (χ1v) is 6.33. The zero-order chi connectivity index (χ0) is 12.8. The van der Waals surface area contributed by atoms with Gasteiger partial charge in [-0.2, -0.15) is 0 Å². The highest BCUT2D eigenvalue weighted by Gasteiger charge is 2.26. The van der Waals surface area contributed by atoms with Crippen molar-refractivity contribution in [3.8, 4) is 0 Å². The Bertz CT molecular complexity index is 284. The molecule has 3 atom stereocenters. The molecular weight excluding hydrogens is 254 g/mol. The molecule has 0 bridgehead atoms. The SMILES string of the molecule is CC(N)CCC(=O)NC1CCCC(C(N)=O)C1.Cl. The van der Waals surface area contributed by atoms with Crippen LogP contribution < -0.4 is 16.8 Å². The second kappa shape index (κ2) is 8.32. The molecule has 106 valence electrons. The van der Waals surface area contributed by atoms with Crippen LogP contribution in [0.1, 0.15) is 45.4 Å². The van der Waals surface area contributed by atoms with Gasteiger partial charge in [-0.1, -0.05) is 6.42 Å². The monoisotopic (exact) mass is 277 g/mol. The van der Waals surface area contributed by atoms with E-state index >= 15 is 0 Å². The number of nitrogens with two attached hydrogens (primary N) is 2. The summed E-state index contributed by atoms with van der Waals surface area (Å²) in [5.41, 5.74) is 10.9. The number of amides is 2. The molecular formula is C12H24ClN3O2. The Balaban J connectivity index is 0.00000289. The second-order valence-corrected chi connectivity index (χ2v) is 5.05. The zero-order valence-electron chi connectivity index (χ0n) is 10.9. The summed E-state index contributed by atoms with van der Waals surface area (Å²) in [6.45, 7) is 1.89. The Morgan fingerprint density at radius 3 is 2.61 bits per heavy atom. The lowest BCUT2D eigenvalue weighted by Gasteiger charge is -2.28. The molecule has 0 aromatic carbocycles. The maximum atomic E-state index is 11.6. The zero-order valence-corrected chi connectivity index (χ0v) is 11.7. The van der Waals surface area contributed by atoms with Crippen LogP contribution >= 0.6 is 12.4 Å². The van der Waals surface area contributed by atoms with Crippen LogP contribution in [0.25, 0.3) is 0 Å². The van der Waals surface area contributed by atoms with Crippen LogP contribution in [0.3, 0.4) is 0 Å². The molecule has 1 rings (SSSR count). The fourth-order valence-corrected chi connectivity index (χ4v) is 2.24. The van der Waals surface area contributed by atoms with Crippen molar-refractivity contribution in [3.63, 3.8) is 0 Å². The molecule has 2 amide bonds. The molecule has 1 aliphatic carbocycles. The largest absolute Gasteiger partial charge is 0.369 e. The summed E-state index contributed by atoms with van der Waals surface area (Å²) in [5, 5.41) is 2.96. The van der Waals surface area contributed by atoms with E-state index in [4.69, 9.17) is 11.5 Å². The Labute approximate surface area is 114 Å². The molecule has 5 N–H and O–H groups in total. The average molecular weight is 278 g/mol. The smallest absolute Gasteiger partial charge is 0.220 e. The number of carbonyl (C=O) groups excluding carboxylic acids is 2. The fraction of sp³-hybridized carbons (Fsp3) is 0.833. The molecule has 0 aromatic heterocycles. The van der Waals surface area contributed by atoms with Gasteiger partial charge in [0.15, 0.2) is 0 Å². The van der Waals surface area contributed by atoms with Crippen molar-refractivity contribution in [2.45, 2.75) is 57.5 Å². The van der Waals surface area contributed by atoms with Crippen LogP contribution in [0.15, 0.2) is 0 Å². The molecule has 0 saturated heterocycles. The molecule has 1 fully saturated rings. The van der Waals surface area contributed by atoms with E-state index in [1.54, 1.807) is 0 Å². The number of carbonyl (C=O) groups is 2. The van der Waals surface area contributed by atoms with Gasteiger partial charge in [0.2, 0.25) is 11.8 Å². The summed E-state index contributed by atoms with van der Waals surface area (Å²) in [6.07, 6.45) is 4.56. The Kier molecular flexibility index (Phi) is 7.95.